The standard InChI is InChI=1S/C12H20N2O4/c1-3-4-5-9(12(17)18)13-8-6-7-10(15)14(2)11(8)16/h8-9,13H,3-7H2,1-2H3,(H,17,18). The van der Waals surface area contributed by atoms with E-state index in [1.54, 1.807) is 0 Å². The summed E-state index contributed by atoms with van der Waals surface area (Å²) in [5, 5.41) is 11.9. The molecule has 0 bridgehead atoms. The van der Waals surface area contributed by atoms with Crippen LogP contribution in [0.3, 0.4) is 0 Å². The number of aliphatic carboxylic acids is 1. The van der Waals surface area contributed by atoms with E-state index in [1.165, 1.54) is 7.05 Å². The maximum atomic E-state index is 11.8. The Balaban J connectivity index is 2.61. The molecule has 2 N–H and O–H groups in total. The quantitative estimate of drug-likeness (QED) is 0.670. The highest BCUT2D eigenvalue weighted by atomic mass is 16.4. The van der Waals surface area contributed by atoms with E-state index in [1.807, 2.05) is 6.92 Å². The fourth-order valence-electron chi connectivity index (χ4n) is 2.00. The van der Waals surface area contributed by atoms with Crippen LogP contribution in [0.15, 0.2) is 0 Å². The van der Waals surface area contributed by atoms with Crippen LogP contribution in [0.2, 0.25) is 0 Å². The van der Waals surface area contributed by atoms with Crippen molar-refractivity contribution in [3.63, 3.8) is 0 Å². The number of carboxylic acids is 1. The van der Waals surface area contributed by atoms with E-state index in [0.29, 0.717) is 12.8 Å². The molecule has 2 unspecified atom stereocenters. The number of carbonyl (C=O) groups excluding carboxylic acids is 2. The molecule has 18 heavy (non-hydrogen) atoms. The molecule has 6 heteroatoms. The number of carboxylic acid groups (broad SMARTS) is 1. The molecule has 1 aliphatic heterocycles. The summed E-state index contributed by atoms with van der Waals surface area (Å²) in [6, 6.07) is -1.29. The maximum Gasteiger partial charge on any atom is 0.320 e. The van der Waals surface area contributed by atoms with Crippen LogP contribution in [0.5, 0.6) is 0 Å². The molecule has 1 heterocycles. The van der Waals surface area contributed by atoms with Gasteiger partial charge in [0.25, 0.3) is 0 Å². The third-order valence-electron chi connectivity index (χ3n) is 3.20. The lowest BCUT2D eigenvalue weighted by Crippen LogP contribution is -2.55. The van der Waals surface area contributed by atoms with Crippen LogP contribution in [0.1, 0.15) is 39.0 Å². The summed E-state index contributed by atoms with van der Waals surface area (Å²) in [6.45, 7) is 1.98. The largest absolute Gasteiger partial charge is 0.480 e. The number of hydrogen-bond acceptors (Lipinski definition) is 4. The number of nitrogens with one attached hydrogen (secondary N) is 1. The second-order valence-electron chi connectivity index (χ2n) is 4.58. The van der Waals surface area contributed by atoms with Gasteiger partial charge < -0.3 is 5.11 Å². The number of rotatable bonds is 6. The first-order valence-corrected chi connectivity index (χ1v) is 6.26. The first kappa shape index (κ1) is 14.6. The van der Waals surface area contributed by atoms with E-state index in [4.69, 9.17) is 5.11 Å². The Hall–Kier alpha value is -1.43. The van der Waals surface area contributed by atoms with Gasteiger partial charge in [-0.15, -0.1) is 0 Å². The second kappa shape index (κ2) is 6.49. The Morgan fingerprint density at radius 3 is 2.78 bits per heavy atom. The van der Waals surface area contributed by atoms with Gasteiger partial charge >= 0.3 is 5.97 Å². The average molecular weight is 256 g/mol. The van der Waals surface area contributed by atoms with Gasteiger partial charge in [0.05, 0.1) is 6.04 Å². The monoisotopic (exact) mass is 256 g/mol. The van der Waals surface area contributed by atoms with Gasteiger partial charge in [-0.3, -0.25) is 24.6 Å². The molecule has 2 atom stereocenters. The van der Waals surface area contributed by atoms with Crippen molar-refractivity contribution in [2.75, 3.05) is 7.05 Å². The first-order chi connectivity index (χ1) is 8.47. The third-order valence-corrected chi connectivity index (χ3v) is 3.20. The number of likely N-dealkylation sites (N-methyl/N-ethyl adjacent to an activating group) is 1. The number of piperidine rings is 1. The van der Waals surface area contributed by atoms with Gasteiger partial charge in [0.1, 0.15) is 6.04 Å². The zero-order valence-electron chi connectivity index (χ0n) is 10.8. The molecule has 1 fully saturated rings. The van der Waals surface area contributed by atoms with Crippen molar-refractivity contribution in [3.05, 3.63) is 0 Å². The van der Waals surface area contributed by atoms with E-state index in [2.05, 4.69) is 5.32 Å². The lowest BCUT2D eigenvalue weighted by molar-refractivity contribution is -0.148. The Morgan fingerprint density at radius 1 is 1.56 bits per heavy atom. The molecule has 0 aromatic rings. The Kier molecular flexibility index (Phi) is 5.27. The molecule has 0 saturated carbocycles. The van der Waals surface area contributed by atoms with Crippen LogP contribution in [0.25, 0.3) is 0 Å². The summed E-state index contributed by atoms with van der Waals surface area (Å²) in [6.07, 6.45) is 2.84. The summed E-state index contributed by atoms with van der Waals surface area (Å²) >= 11 is 0. The molecule has 1 rings (SSSR count). The normalized spacial score (nSPS) is 22.1. The van der Waals surface area contributed by atoms with Crippen LogP contribution in [-0.4, -0.2) is 46.9 Å². The molecule has 0 aromatic heterocycles. The Bertz CT molecular complexity index is 343. The lowest BCUT2D eigenvalue weighted by Gasteiger charge is -2.30. The van der Waals surface area contributed by atoms with E-state index >= 15 is 0 Å². The molecular weight excluding hydrogens is 236 g/mol. The smallest absolute Gasteiger partial charge is 0.320 e. The van der Waals surface area contributed by atoms with Gasteiger partial charge in [-0.05, 0) is 12.8 Å². The summed E-state index contributed by atoms with van der Waals surface area (Å²) in [5.74, 6) is -1.50. The maximum absolute atomic E-state index is 11.8. The Labute approximate surface area is 106 Å². The molecular formula is C12H20N2O4. The molecule has 102 valence electrons. The molecule has 1 aliphatic rings. The topological polar surface area (TPSA) is 86.7 Å². The molecule has 0 aliphatic carbocycles. The van der Waals surface area contributed by atoms with Crippen molar-refractivity contribution in [1.29, 1.82) is 0 Å². The second-order valence-corrected chi connectivity index (χ2v) is 4.58. The number of carbonyl (C=O) groups is 3. The van der Waals surface area contributed by atoms with Gasteiger partial charge in [-0.1, -0.05) is 19.8 Å². The lowest BCUT2D eigenvalue weighted by atomic mass is 10.0. The van der Waals surface area contributed by atoms with E-state index in [9.17, 15) is 14.4 Å². The van der Waals surface area contributed by atoms with Crippen molar-refractivity contribution in [3.8, 4) is 0 Å². The van der Waals surface area contributed by atoms with E-state index in [0.717, 1.165) is 17.7 Å². The van der Waals surface area contributed by atoms with Crippen LogP contribution >= 0.6 is 0 Å². The minimum Gasteiger partial charge on any atom is -0.480 e. The van der Waals surface area contributed by atoms with Crippen LogP contribution in [0.4, 0.5) is 0 Å². The van der Waals surface area contributed by atoms with Gasteiger partial charge in [0, 0.05) is 13.5 Å². The number of imide groups is 1. The van der Waals surface area contributed by atoms with Crippen molar-refractivity contribution in [1.82, 2.24) is 10.2 Å². The summed E-state index contributed by atoms with van der Waals surface area (Å²) in [5.41, 5.74) is 0. The highest BCUT2D eigenvalue weighted by Crippen LogP contribution is 2.13. The highest BCUT2D eigenvalue weighted by molar-refractivity contribution is 6.00. The summed E-state index contributed by atoms with van der Waals surface area (Å²) < 4.78 is 0. The van der Waals surface area contributed by atoms with Crippen molar-refractivity contribution in [2.45, 2.75) is 51.1 Å². The fraction of sp³-hybridized carbons (Fsp3) is 0.750. The van der Waals surface area contributed by atoms with Gasteiger partial charge in [0.2, 0.25) is 11.8 Å². The van der Waals surface area contributed by atoms with Crippen molar-refractivity contribution < 1.29 is 19.5 Å². The molecule has 1 saturated heterocycles. The van der Waals surface area contributed by atoms with Crippen molar-refractivity contribution >= 4 is 17.8 Å². The van der Waals surface area contributed by atoms with Gasteiger partial charge in [0.15, 0.2) is 0 Å². The first-order valence-electron chi connectivity index (χ1n) is 6.26. The predicted octanol–water partition coefficient (Wildman–Crippen LogP) is 0.367. The SMILES string of the molecule is CCCCC(NC1CCC(=O)N(C)C1=O)C(=O)O. The van der Waals surface area contributed by atoms with E-state index in [-0.39, 0.29) is 18.2 Å². The molecule has 0 radical (unpaired) electrons. The predicted molar refractivity (Wildman–Crippen MR) is 64.9 cm³/mol. The fourth-order valence-corrected chi connectivity index (χ4v) is 2.00. The molecule has 0 spiro atoms. The van der Waals surface area contributed by atoms with Crippen LogP contribution in [-0.2, 0) is 14.4 Å². The van der Waals surface area contributed by atoms with Crippen LogP contribution in [0, 0.1) is 0 Å². The molecule has 6 nitrogen and oxygen atoms in total. The number of hydrogen-bond donors (Lipinski definition) is 2. The number of unbranched alkanes of at least 4 members (excludes halogenated alkanes) is 1. The zero-order valence-corrected chi connectivity index (χ0v) is 10.8. The minimum absolute atomic E-state index is 0.210. The Morgan fingerprint density at radius 2 is 2.22 bits per heavy atom. The highest BCUT2D eigenvalue weighted by Gasteiger charge is 2.34. The van der Waals surface area contributed by atoms with Gasteiger partial charge in [-0.25, -0.2) is 0 Å². The van der Waals surface area contributed by atoms with E-state index < -0.39 is 18.1 Å². The average Bonchev–Trinajstić information content (AvgIpc) is 2.33. The number of likely N-dealkylation sites (tertiary alicyclic amines) is 1. The molecule has 2 amide bonds. The van der Waals surface area contributed by atoms with Crippen LogP contribution < -0.4 is 5.32 Å². The molecule has 0 aromatic carbocycles. The van der Waals surface area contributed by atoms with Gasteiger partial charge in [-0.2, -0.15) is 0 Å². The third kappa shape index (κ3) is 3.53. The minimum atomic E-state index is -0.948. The number of amides is 2. The van der Waals surface area contributed by atoms with Crippen molar-refractivity contribution in [2.24, 2.45) is 0 Å². The number of nitrogens with zero attached hydrogens (tertiary/aromatic N) is 1. The summed E-state index contributed by atoms with van der Waals surface area (Å²) in [4.78, 5) is 35.3. The zero-order chi connectivity index (χ0) is 13.7. The summed E-state index contributed by atoms with van der Waals surface area (Å²) in [7, 11) is 1.43.